The Hall–Kier alpha value is -0.960. The quantitative estimate of drug-likeness (QED) is 0.723. The van der Waals surface area contributed by atoms with Crippen LogP contribution < -0.4 is 4.90 Å². The van der Waals surface area contributed by atoms with Crippen molar-refractivity contribution in [2.75, 3.05) is 24.0 Å². The number of carbonyl (C=O) groups excluding carboxylic acids is 1. The first-order valence-electron chi connectivity index (χ1n) is 5.91. The highest BCUT2D eigenvalue weighted by Crippen LogP contribution is 2.23. The van der Waals surface area contributed by atoms with E-state index in [1.165, 1.54) is 0 Å². The van der Waals surface area contributed by atoms with Crippen molar-refractivity contribution in [1.29, 1.82) is 0 Å². The Labute approximate surface area is 108 Å². The lowest BCUT2D eigenvalue weighted by Crippen LogP contribution is -2.33. The number of carbonyl (C=O) groups is 1. The van der Waals surface area contributed by atoms with Gasteiger partial charge in [0, 0.05) is 30.1 Å². The Kier molecular flexibility index (Phi) is 5.56. The molecule has 17 heavy (non-hydrogen) atoms. The van der Waals surface area contributed by atoms with E-state index >= 15 is 0 Å². The van der Waals surface area contributed by atoms with E-state index in [1.807, 2.05) is 30.8 Å². The van der Waals surface area contributed by atoms with Crippen molar-refractivity contribution in [2.45, 2.75) is 26.3 Å². The van der Waals surface area contributed by atoms with Gasteiger partial charge in [0.25, 0.3) is 0 Å². The van der Waals surface area contributed by atoms with Gasteiger partial charge in [-0.2, -0.15) is 11.8 Å². The molecule has 0 aromatic heterocycles. The van der Waals surface area contributed by atoms with Gasteiger partial charge in [0.15, 0.2) is 6.29 Å². The molecule has 0 aliphatic heterocycles. The summed E-state index contributed by atoms with van der Waals surface area (Å²) in [6.07, 6.45) is 4.15. The van der Waals surface area contributed by atoms with Crippen LogP contribution in [0.1, 0.15) is 29.3 Å². The molecule has 2 nitrogen and oxygen atoms in total. The van der Waals surface area contributed by atoms with Crippen LogP contribution in [0.2, 0.25) is 0 Å². The van der Waals surface area contributed by atoms with Crippen LogP contribution in [-0.2, 0) is 0 Å². The molecule has 0 bridgehead atoms. The smallest absolute Gasteiger partial charge is 0.152 e. The molecule has 1 aromatic rings. The molecule has 0 radical (unpaired) electrons. The van der Waals surface area contributed by atoms with Crippen molar-refractivity contribution in [3.63, 3.8) is 0 Å². The number of aryl methyl sites for hydroxylation is 1. The molecule has 0 fully saturated rings. The van der Waals surface area contributed by atoms with Crippen molar-refractivity contribution in [3.8, 4) is 0 Å². The fourth-order valence-corrected chi connectivity index (χ4v) is 2.83. The molecule has 0 saturated carbocycles. The Bertz CT molecular complexity index is 378. The maximum atomic E-state index is 11.1. The van der Waals surface area contributed by atoms with Gasteiger partial charge in [0.05, 0.1) is 0 Å². The van der Waals surface area contributed by atoms with Gasteiger partial charge in [0.1, 0.15) is 0 Å². The molecule has 0 amide bonds. The van der Waals surface area contributed by atoms with Gasteiger partial charge >= 0.3 is 0 Å². The van der Waals surface area contributed by atoms with E-state index < -0.39 is 0 Å². The molecule has 0 spiro atoms. The van der Waals surface area contributed by atoms with Crippen LogP contribution in [0.15, 0.2) is 18.2 Å². The average molecular weight is 251 g/mol. The summed E-state index contributed by atoms with van der Waals surface area (Å²) >= 11 is 1.84. The normalized spacial score (nSPS) is 12.2. The van der Waals surface area contributed by atoms with Crippen LogP contribution in [0.3, 0.4) is 0 Å². The van der Waals surface area contributed by atoms with Crippen molar-refractivity contribution in [3.05, 3.63) is 29.3 Å². The van der Waals surface area contributed by atoms with E-state index in [9.17, 15) is 4.79 Å². The average Bonchev–Trinajstić information content (AvgIpc) is 2.34. The maximum absolute atomic E-state index is 11.1. The van der Waals surface area contributed by atoms with Gasteiger partial charge in [-0.25, -0.2) is 0 Å². The first-order valence-corrected chi connectivity index (χ1v) is 7.31. The zero-order valence-corrected chi connectivity index (χ0v) is 11.9. The Morgan fingerprint density at radius 1 is 1.47 bits per heavy atom. The van der Waals surface area contributed by atoms with E-state index in [4.69, 9.17) is 0 Å². The highest BCUT2D eigenvalue weighted by Gasteiger charge is 2.15. The zero-order chi connectivity index (χ0) is 12.8. The molecule has 0 heterocycles. The molecule has 1 aromatic carbocycles. The number of thioether (sulfide) groups is 1. The molecule has 0 aliphatic rings. The number of benzene rings is 1. The van der Waals surface area contributed by atoms with Gasteiger partial charge < -0.3 is 4.90 Å². The van der Waals surface area contributed by atoms with E-state index in [-0.39, 0.29) is 0 Å². The molecule has 3 heteroatoms. The molecular weight excluding hydrogens is 230 g/mol. The molecule has 1 atom stereocenters. The first-order chi connectivity index (χ1) is 8.13. The summed E-state index contributed by atoms with van der Waals surface area (Å²) in [5.41, 5.74) is 2.95. The number of hydrogen-bond acceptors (Lipinski definition) is 3. The maximum Gasteiger partial charge on any atom is 0.152 e. The number of aldehydes is 1. The number of rotatable bonds is 6. The fraction of sp³-hybridized carbons (Fsp3) is 0.500. The van der Waals surface area contributed by atoms with Crippen LogP contribution in [0.25, 0.3) is 0 Å². The second kappa shape index (κ2) is 6.70. The summed E-state index contributed by atoms with van der Waals surface area (Å²) in [6.45, 7) is 4.20. The van der Waals surface area contributed by atoms with Crippen molar-refractivity contribution >= 4 is 23.7 Å². The summed E-state index contributed by atoms with van der Waals surface area (Å²) in [4.78, 5) is 13.3. The standard InChI is InChI=1S/C14H21NOS/c1-5-13(10-17-4)15(3)14-7-6-11(2)8-12(14)9-16/h6-9,13H,5,10H2,1-4H3. The van der Waals surface area contributed by atoms with Crippen LogP contribution in [0, 0.1) is 6.92 Å². The number of hydrogen-bond donors (Lipinski definition) is 0. The van der Waals surface area contributed by atoms with Gasteiger partial charge in [-0.3, -0.25) is 4.79 Å². The van der Waals surface area contributed by atoms with Gasteiger partial charge in [-0.05, 0) is 31.7 Å². The predicted octanol–water partition coefficient (Wildman–Crippen LogP) is 3.39. The SMILES string of the molecule is CCC(CSC)N(C)c1ccc(C)cc1C=O. The summed E-state index contributed by atoms with van der Waals surface area (Å²) in [7, 11) is 2.07. The lowest BCUT2D eigenvalue weighted by Gasteiger charge is -2.30. The van der Waals surface area contributed by atoms with Crippen LogP contribution >= 0.6 is 11.8 Å². The fourth-order valence-electron chi connectivity index (χ4n) is 1.98. The van der Waals surface area contributed by atoms with Crippen molar-refractivity contribution in [2.24, 2.45) is 0 Å². The van der Waals surface area contributed by atoms with Gasteiger partial charge in [-0.15, -0.1) is 0 Å². The third-order valence-corrected chi connectivity index (χ3v) is 3.79. The second-order valence-electron chi connectivity index (χ2n) is 4.31. The highest BCUT2D eigenvalue weighted by molar-refractivity contribution is 7.98. The van der Waals surface area contributed by atoms with Crippen LogP contribution in [0.4, 0.5) is 5.69 Å². The third-order valence-electron chi connectivity index (χ3n) is 3.07. The molecule has 0 aliphatic carbocycles. The van der Waals surface area contributed by atoms with Crippen molar-refractivity contribution in [1.82, 2.24) is 0 Å². The van der Waals surface area contributed by atoms with Gasteiger partial charge in [-0.1, -0.05) is 18.6 Å². The Morgan fingerprint density at radius 3 is 2.71 bits per heavy atom. The van der Waals surface area contributed by atoms with E-state index in [2.05, 4.69) is 31.2 Å². The Morgan fingerprint density at radius 2 is 2.18 bits per heavy atom. The minimum absolute atomic E-state index is 0.478. The molecule has 1 unspecified atom stereocenters. The third kappa shape index (κ3) is 3.50. The summed E-state index contributed by atoms with van der Waals surface area (Å²) < 4.78 is 0. The summed E-state index contributed by atoms with van der Waals surface area (Å²) in [6, 6.07) is 6.53. The second-order valence-corrected chi connectivity index (χ2v) is 5.22. The number of anilines is 1. The summed E-state index contributed by atoms with van der Waals surface area (Å²) in [5, 5.41) is 0. The molecule has 94 valence electrons. The number of nitrogens with zero attached hydrogens (tertiary/aromatic N) is 1. The largest absolute Gasteiger partial charge is 0.370 e. The Balaban J connectivity index is 3.01. The monoisotopic (exact) mass is 251 g/mol. The topological polar surface area (TPSA) is 20.3 Å². The van der Waals surface area contributed by atoms with Crippen LogP contribution in [0.5, 0.6) is 0 Å². The molecule has 0 N–H and O–H groups in total. The lowest BCUT2D eigenvalue weighted by molar-refractivity contribution is 0.112. The van der Waals surface area contributed by atoms with Crippen molar-refractivity contribution < 1.29 is 4.79 Å². The molecule has 1 rings (SSSR count). The van der Waals surface area contributed by atoms with E-state index in [1.54, 1.807) is 0 Å². The minimum Gasteiger partial charge on any atom is -0.370 e. The summed E-state index contributed by atoms with van der Waals surface area (Å²) in [5.74, 6) is 1.08. The zero-order valence-electron chi connectivity index (χ0n) is 11.1. The minimum atomic E-state index is 0.478. The van der Waals surface area contributed by atoms with Gasteiger partial charge in [0.2, 0.25) is 0 Å². The highest BCUT2D eigenvalue weighted by atomic mass is 32.2. The molecule has 0 saturated heterocycles. The molecular formula is C14H21NOS. The van der Waals surface area contributed by atoms with E-state index in [0.717, 1.165) is 35.3 Å². The van der Waals surface area contributed by atoms with Crippen LogP contribution in [-0.4, -0.2) is 31.4 Å². The van der Waals surface area contributed by atoms with E-state index in [0.29, 0.717) is 6.04 Å². The lowest BCUT2D eigenvalue weighted by atomic mass is 10.1. The first kappa shape index (κ1) is 14.1. The predicted molar refractivity (Wildman–Crippen MR) is 77.4 cm³/mol.